The SMILES string of the molecule is CCOc1ccc2cc(C(=O)[C@H](C#N)C(=O)c3ccoc3C)[nH]c2c1. The molecule has 3 rings (SSSR count). The lowest BCUT2D eigenvalue weighted by molar-refractivity contribution is 0.0842. The highest BCUT2D eigenvalue weighted by Crippen LogP contribution is 2.24. The Labute approximate surface area is 144 Å². The number of hydrogen-bond donors (Lipinski definition) is 1. The van der Waals surface area contributed by atoms with E-state index in [2.05, 4.69) is 4.98 Å². The normalized spacial score (nSPS) is 11.9. The number of aromatic amines is 1. The van der Waals surface area contributed by atoms with Crippen molar-refractivity contribution in [3.05, 3.63) is 53.6 Å². The maximum Gasteiger partial charge on any atom is 0.204 e. The second kappa shape index (κ2) is 6.65. The van der Waals surface area contributed by atoms with Gasteiger partial charge in [0.25, 0.3) is 0 Å². The molecule has 1 atom stereocenters. The van der Waals surface area contributed by atoms with Crippen LogP contribution < -0.4 is 4.74 Å². The highest BCUT2D eigenvalue weighted by molar-refractivity contribution is 6.18. The summed E-state index contributed by atoms with van der Waals surface area (Å²) in [5.74, 6) is -1.49. The third-order valence-corrected chi connectivity index (χ3v) is 3.95. The highest BCUT2D eigenvalue weighted by atomic mass is 16.5. The van der Waals surface area contributed by atoms with Crippen molar-refractivity contribution in [1.29, 1.82) is 5.26 Å². The first kappa shape index (κ1) is 16.5. The molecule has 126 valence electrons. The van der Waals surface area contributed by atoms with Crippen LogP contribution in [0.1, 0.15) is 33.5 Å². The van der Waals surface area contributed by atoms with E-state index in [9.17, 15) is 14.9 Å². The Balaban J connectivity index is 1.93. The quantitative estimate of drug-likeness (QED) is 0.547. The van der Waals surface area contributed by atoms with Crippen molar-refractivity contribution in [2.45, 2.75) is 13.8 Å². The minimum atomic E-state index is -1.42. The monoisotopic (exact) mass is 336 g/mol. The average Bonchev–Trinajstić information content (AvgIpc) is 3.21. The van der Waals surface area contributed by atoms with E-state index in [1.54, 1.807) is 31.2 Å². The molecular formula is C19H16N2O4. The lowest BCUT2D eigenvalue weighted by atomic mass is 9.93. The zero-order valence-corrected chi connectivity index (χ0v) is 13.8. The van der Waals surface area contributed by atoms with Crippen LogP contribution in [-0.4, -0.2) is 23.2 Å². The number of aromatic nitrogens is 1. The van der Waals surface area contributed by atoms with Crippen molar-refractivity contribution < 1.29 is 18.7 Å². The third kappa shape index (κ3) is 3.04. The van der Waals surface area contributed by atoms with Crippen LogP contribution in [0.2, 0.25) is 0 Å². The molecule has 1 aromatic carbocycles. The summed E-state index contributed by atoms with van der Waals surface area (Å²) in [5.41, 5.74) is 1.16. The van der Waals surface area contributed by atoms with Crippen LogP contribution in [0.3, 0.4) is 0 Å². The zero-order valence-electron chi connectivity index (χ0n) is 13.8. The topological polar surface area (TPSA) is 96.1 Å². The molecule has 0 bridgehead atoms. The number of H-pyrrole nitrogens is 1. The van der Waals surface area contributed by atoms with Crippen molar-refractivity contribution in [3.8, 4) is 11.8 Å². The van der Waals surface area contributed by atoms with Crippen LogP contribution in [0.5, 0.6) is 5.75 Å². The fourth-order valence-electron chi connectivity index (χ4n) is 2.68. The molecule has 0 radical (unpaired) electrons. The summed E-state index contributed by atoms with van der Waals surface area (Å²) in [6, 6.07) is 10.3. The molecule has 2 heterocycles. The molecule has 1 N–H and O–H groups in total. The number of fused-ring (bicyclic) bond motifs is 1. The summed E-state index contributed by atoms with van der Waals surface area (Å²) >= 11 is 0. The molecular weight excluding hydrogens is 320 g/mol. The van der Waals surface area contributed by atoms with E-state index in [0.717, 1.165) is 5.39 Å². The van der Waals surface area contributed by atoms with Gasteiger partial charge in [0.05, 0.1) is 30.2 Å². The Bertz CT molecular complexity index is 990. The van der Waals surface area contributed by atoms with Gasteiger partial charge in [-0.1, -0.05) is 0 Å². The van der Waals surface area contributed by atoms with Crippen LogP contribution in [0, 0.1) is 24.2 Å². The van der Waals surface area contributed by atoms with E-state index in [-0.39, 0.29) is 11.3 Å². The van der Waals surface area contributed by atoms with Gasteiger partial charge in [-0.15, -0.1) is 0 Å². The van der Waals surface area contributed by atoms with Crippen LogP contribution in [-0.2, 0) is 0 Å². The van der Waals surface area contributed by atoms with Gasteiger partial charge in [-0.05, 0) is 38.1 Å². The van der Waals surface area contributed by atoms with Gasteiger partial charge in [-0.25, -0.2) is 0 Å². The molecule has 2 aromatic heterocycles. The number of Topliss-reactive ketones (excluding diaryl/α,β-unsaturated/α-hetero) is 2. The van der Waals surface area contributed by atoms with Gasteiger partial charge in [0, 0.05) is 17.0 Å². The molecule has 0 unspecified atom stereocenters. The predicted molar refractivity (Wildman–Crippen MR) is 90.7 cm³/mol. The molecule has 25 heavy (non-hydrogen) atoms. The van der Waals surface area contributed by atoms with Crippen LogP contribution in [0.25, 0.3) is 10.9 Å². The third-order valence-electron chi connectivity index (χ3n) is 3.95. The lowest BCUT2D eigenvalue weighted by Gasteiger charge is -2.05. The number of hydrogen-bond acceptors (Lipinski definition) is 5. The van der Waals surface area contributed by atoms with E-state index < -0.39 is 17.5 Å². The molecule has 0 aliphatic heterocycles. The maximum atomic E-state index is 12.7. The van der Waals surface area contributed by atoms with Gasteiger partial charge < -0.3 is 14.1 Å². The van der Waals surface area contributed by atoms with Crippen LogP contribution >= 0.6 is 0 Å². The van der Waals surface area contributed by atoms with Crippen LogP contribution in [0.4, 0.5) is 0 Å². The minimum Gasteiger partial charge on any atom is -0.494 e. The van der Waals surface area contributed by atoms with Crippen molar-refractivity contribution in [2.75, 3.05) is 6.61 Å². The fourth-order valence-corrected chi connectivity index (χ4v) is 2.68. The first-order valence-corrected chi connectivity index (χ1v) is 7.83. The van der Waals surface area contributed by atoms with E-state index in [0.29, 0.717) is 23.6 Å². The minimum absolute atomic E-state index is 0.213. The Morgan fingerprint density at radius 1 is 1.28 bits per heavy atom. The largest absolute Gasteiger partial charge is 0.494 e. The molecule has 0 saturated heterocycles. The zero-order chi connectivity index (χ0) is 18.0. The number of nitrogens with zero attached hydrogens (tertiary/aromatic N) is 1. The van der Waals surface area contributed by atoms with E-state index in [1.165, 1.54) is 12.3 Å². The fraction of sp³-hybridized carbons (Fsp3) is 0.211. The second-order valence-corrected chi connectivity index (χ2v) is 5.55. The van der Waals surface area contributed by atoms with Gasteiger partial charge >= 0.3 is 0 Å². The predicted octanol–water partition coefficient (Wildman–Crippen LogP) is 3.67. The smallest absolute Gasteiger partial charge is 0.204 e. The summed E-state index contributed by atoms with van der Waals surface area (Å²) in [4.78, 5) is 28.1. The van der Waals surface area contributed by atoms with Gasteiger partial charge in [0.2, 0.25) is 5.78 Å². The molecule has 0 spiro atoms. The number of carbonyl (C=O) groups excluding carboxylic acids is 2. The number of carbonyl (C=O) groups is 2. The molecule has 0 fully saturated rings. The molecule has 6 nitrogen and oxygen atoms in total. The van der Waals surface area contributed by atoms with Gasteiger partial charge in [-0.2, -0.15) is 5.26 Å². The standard InChI is InChI=1S/C19H16N2O4/c1-3-24-13-5-4-12-8-17(21-16(12)9-13)19(23)15(10-20)18(22)14-6-7-25-11(14)2/h4-9,15,21H,3H2,1-2H3/t15-/m1/s1. The van der Waals surface area contributed by atoms with E-state index in [4.69, 9.17) is 9.15 Å². The van der Waals surface area contributed by atoms with Gasteiger partial charge in [0.15, 0.2) is 11.7 Å². The highest BCUT2D eigenvalue weighted by Gasteiger charge is 2.31. The summed E-state index contributed by atoms with van der Waals surface area (Å²) < 4.78 is 10.5. The molecule has 0 aliphatic rings. The average molecular weight is 336 g/mol. The molecule has 0 saturated carbocycles. The maximum absolute atomic E-state index is 12.7. The Kier molecular flexibility index (Phi) is 4.40. The Morgan fingerprint density at radius 2 is 2.08 bits per heavy atom. The number of furan rings is 1. The lowest BCUT2D eigenvalue weighted by Crippen LogP contribution is -2.23. The molecule has 0 aliphatic carbocycles. The van der Waals surface area contributed by atoms with Gasteiger partial charge in [0.1, 0.15) is 11.5 Å². The second-order valence-electron chi connectivity index (χ2n) is 5.55. The number of ether oxygens (including phenoxy) is 1. The molecule has 0 amide bonds. The van der Waals surface area contributed by atoms with Gasteiger partial charge in [-0.3, -0.25) is 9.59 Å². The Hall–Kier alpha value is -3.33. The summed E-state index contributed by atoms with van der Waals surface area (Å²) in [6.07, 6.45) is 1.36. The number of rotatable bonds is 6. The summed E-state index contributed by atoms with van der Waals surface area (Å²) in [7, 11) is 0. The Morgan fingerprint density at radius 3 is 2.72 bits per heavy atom. The summed E-state index contributed by atoms with van der Waals surface area (Å²) in [6.45, 7) is 4.03. The molecule has 3 aromatic rings. The molecule has 6 heteroatoms. The van der Waals surface area contributed by atoms with Crippen LogP contribution in [0.15, 0.2) is 41.0 Å². The van der Waals surface area contributed by atoms with E-state index in [1.807, 2.05) is 13.0 Å². The number of aryl methyl sites for hydroxylation is 1. The van der Waals surface area contributed by atoms with Crippen molar-refractivity contribution >= 4 is 22.5 Å². The number of nitrogens with one attached hydrogen (secondary N) is 1. The number of ketones is 2. The van der Waals surface area contributed by atoms with Crippen molar-refractivity contribution in [2.24, 2.45) is 5.92 Å². The number of nitriles is 1. The van der Waals surface area contributed by atoms with Crippen molar-refractivity contribution in [3.63, 3.8) is 0 Å². The first-order valence-electron chi connectivity index (χ1n) is 7.83. The van der Waals surface area contributed by atoms with Crippen molar-refractivity contribution in [1.82, 2.24) is 4.98 Å². The summed E-state index contributed by atoms with van der Waals surface area (Å²) in [5, 5.41) is 10.2. The van der Waals surface area contributed by atoms with E-state index >= 15 is 0 Å². The number of benzene rings is 1. The first-order chi connectivity index (χ1) is 12.0.